The minimum Gasteiger partial charge on any atom is -0.349 e. The Morgan fingerprint density at radius 1 is 1.50 bits per heavy atom. The van der Waals surface area contributed by atoms with Crippen molar-refractivity contribution in [1.82, 2.24) is 19.9 Å². The number of aryl methyl sites for hydroxylation is 2. The van der Waals surface area contributed by atoms with Crippen LogP contribution >= 0.6 is 0 Å². The SMILES string of the molecule is CC[C@@H](C)NC(=O)c1cnn2c(C)cc(C)nc12. The van der Waals surface area contributed by atoms with E-state index in [0.29, 0.717) is 11.2 Å². The molecule has 0 spiro atoms. The molecule has 0 radical (unpaired) electrons. The molecule has 0 saturated heterocycles. The third-order valence-electron chi connectivity index (χ3n) is 3.01. The van der Waals surface area contributed by atoms with Crippen molar-refractivity contribution in [2.24, 2.45) is 0 Å². The lowest BCUT2D eigenvalue weighted by Crippen LogP contribution is -2.31. The van der Waals surface area contributed by atoms with Crippen LogP contribution in [0.1, 0.15) is 42.0 Å². The zero-order valence-corrected chi connectivity index (χ0v) is 11.2. The fraction of sp³-hybridized carbons (Fsp3) is 0.462. The summed E-state index contributed by atoms with van der Waals surface area (Å²) in [5.41, 5.74) is 3.01. The Bertz CT molecular complexity index is 588. The Morgan fingerprint density at radius 3 is 2.89 bits per heavy atom. The van der Waals surface area contributed by atoms with Gasteiger partial charge in [0.1, 0.15) is 5.56 Å². The summed E-state index contributed by atoms with van der Waals surface area (Å²) in [6, 6.07) is 2.09. The lowest BCUT2D eigenvalue weighted by atomic mass is 10.2. The largest absolute Gasteiger partial charge is 0.349 e. The Balaban J connectivity index is 2.43. The van der Waals surface area contributed by atoms with E-state index in [-0.39, 0.29) is 11.9 Å². The molecule has 2 aromatic rings. The molecule has 0 aromatic carbocycles. The van der Waals surface area contributed by atoms with Crippen LogP contribution in [0.5, 0.6) is 0 Å². The highest BCUT2D eigenvalue weighted by Crippen LogP contribution is 2.12. The van der Waals surface area contributed by atoms with E-state index in [2.05, 4.69) is 15.4 Å². The van der Waals surface area contributed by atoms with E-state index in [4.69, 9.17) is 0 Å². The third kappa shape index (κ3) is 2.20. The second-order valence-electron chi connectivity index (χ2n) is 4.62. The van der Waals surface area contributed by atoms with Crippen LogP contribution in [0, 0.1) is 13.8 Å². The predicted octanol–water partition coefficient (Wildman–Crippen LogP) is 1.87. The highest BCUT2D eigenvalue weighted by molar-refractivity contribution is 5.99. The molecule has 0 aliphatic heterocycles. The highest BCUT2D eigenvalue weighted by atomic mass is 16.1. The summed E-state index contributed by atoms with van der Waals surface area (Å²) in [5.74, 6) is -0.114. The van der Waals surface area contributed by atoms with Crippen LogP contribution in [0.2, 0.25) is 0 Å². The van der Waals surface area contributed by atoms with Crippen molar-refractivity contribution in [3.8, 4) is 0 Å². The lowest BCUT2D eigenvalue weighted by molar-refractivity contribution is 0.0940. The average Bonchev–Trinajstić information content (AvgIpc) is 2.72. The lowest BCUT2D eigenvalue weighted by Gasteiger charge is -2.10. The molecule has 0 saturated carbocycles. The van der Waals surface area contributed by atoms with Gasteiger partial charge in [-0.05, 0) is 33.3 Å². The Labute approximate surface area is 106 Å². The molecular formula is C13H18N4O. The van der Waals surface area contributed by atoms with Gasteiger partial charge in [0.2, 0.25) is 0 Å². The highest BCUT2D eigenvalue weighted by Gasteiger charge is 2.16. The van der Waals surface area contributed by atoms with Crippen molar-refractivity contribution in [3.05, 3.63) is 29.2 Å². The summed E-state index contributed by atoms with van der Waals surface area (Å²) in [5, 5.41) is 7.14. The van der Waals surface area contributed by atoms with Crippen molar-refractivity contribution in [3.63, 3.8) is 0 Å². The molecule has 18 heavy (non-hydrogen) atoms. The first-order valence-electron chi connectivity index (χ1n) is 6.15. The topological polar surface area (TPSA) is 59.3 Å². The van der Waals surface area contributed by atoms with Crippen LogP contribution in [0.4, 0.5) is 0 Å². The molecule has 0 fully saturated rings. The van der Waals surface area contributed by atoms with E-state index < -0.39 is 0 Å². The summed E-state index contributed by atoms with van der Waals surface area (Å²) >= 11 is 0. The van der Waals surface area contributed by atoms with Gasteiger partial charge in [-0.15, -0.1) is 0 Å². The molecular weight excluding hydrogens is 228 g/mol. The van der Waals surface area contributed by atoms with E-state index in [9.17, 15) is 4.79 Å². The summed E-state index contributed by atoms with van der Waals surface area (Å²) in [4.78, 5) is 16.5. The van der Waals surface area contributed by atoms with Crippen LogP contribution in [-0.4, -0.2) is 26.5 Å². The van der Waals surface area contributed by atoms with Gasteiger partial charge >= 0.3 is 0 Å². The first-order chi connectivity index (χ1) is 8.52. The first-order valence-corrected chi connectivity index (χ1v) is 6.15. The van der Waals surface area contributed by atoms with Gasteiger partial charge in [0.25, 0.3) is 5.91 Å². The Kier molecular flexibility index (Phi) is 3.32. The van der Waals surface area contributed by atoms with Gasteiger partial charge in [0.05, 0.1) is 6.20 Å². The fourth-order valence-electron chi connectivity index (χ4n) is 1.83. The summed E-state index contributed by atoms with van der Waals surface area (Å²) in [7, 11) is 0. The smallest absolute Gasteiger partial charge is 0.256 e. The molecule has 96 valence electrons. The molecule has 2 heterocycles. The van der Waals surface area contributed by atoms with Gasteiger partial charge in [-0.1, -0.05) is 6.92 Å². The molecule has 2 rings (SSSR count). The third-order valence-corrected chi connectivity index (χ3v) is 3.01. The van der Waals surface area contributed by atoms with Crippen LogP contribution in [-0.2, 0) is 0 Å². The van der Waals surface area contributed by atoms with E-state index in [1.165, 1.54) is 0 Å². The molecule has 0 unspecified atom stereocenters. The fourth-order valence-corrected chi connectivity index (χ4v) is 1.83. The number of nitrogens with one attached hydrogen (secondary N) is 1. The molecule has 0 bridgehead atoms. The quantitative estimate of drug-likeness (QED) is 0.899. The summed E-state index contributed by atoms with van der Waals surface area (Å²) < 4.78 is 1.69. The van der Waals surface area contributed by atoms with Gasteiger partial charge in [-0.2, -0.15) is 5.10 Å². The minimum absolute atomic E-state index is 0.114. The maximum Gasteiger partial charge on any atom is 0.256 e. The molecule has 2 aromatic heterocycles. The van der Waals surface area contributed by atoms with E-state index in [1.807, 2.05) is 33.8 Å². The van der Waals surface area contributed by atoms with Crippen molar-refractivity contribution in [1.29, 1.82) is 0 Å². The molecule has 5 heteroatoms. The standard InChI is InChI=1S/C13H18N4O/c1-5-8(2)16-13(18)11-7-14-17-10(4)6-9(3)15-12(11)17/h6-8H,5H2,1-4H3,(H,16,18)/t8-/m1/s1. The zero-order chi connectivity index (χ0) is 13.3. The zero-order valence-electron chi connectivity index (χ0n) is 11.2. The molecule has 0 aliphatic rings. The minimum atomic E-state index is -0.114. The number of hydrogen-bond donors (Lipinski definition) is 1. The van der Waals surface area contributed by atoms with E-state index in [0.717, 1.165) is 17.8 Å². The van der Waals surface area contributed by atoms with Crippen molar-refractivity contribution >= 4 is 11.6 Å². The first kappa shape index (κ1) is 12.5. The van der Waals surface area contributed by atoms with E-state index >= 15 is 0 Å². The van der Waals surface area contributed by atoms with Gasteiger partial charge in [0, 0.05) is 17.4 Å². The van der Waals surface area contributed by atoms with Gasteiger partial charge in [-0.3, -0.25) is 4.79 Å². The van der Waals surface area contributed by atoms with Crippen LogP contribution < -0.4 is 5.32 Å². The number of carbonyl (C=O) groups excluding carboxylic acids is 1. The molecule has 1 atom stereocenters. The second-order valence-corrected chi connectivity index (χ2v) is 4.62. The van der Waals surface area contributed by atoms with Gasteiger partial charge in [-0.25, -0.2) is 9.50 Å². The maximum atomic E-state index is 12.1. The van der Waals surface area contributed by atoms with Gasteiger partial charge in [0.15, 0.2) is 5.65 Å². The monoisotopic (exact) mass is 246 g/mol. The number of hydrogen-bond acceptors (Lipinski definition) is 3. The molecule has 1 N–H and O–H groups in total. The second kappa shape index (κ2) is 4.76. The number of fused-ring (bicyclic) bond motifs is 1. The molecule has 5 nitrogen and oxygen atoms in total. The maximum absolute atomic E-state index is 12.1. The van der Waals surface area contributed by atoms with Crippen molar-refractivity contribution in [2.75, 3.05) is 0 Å². The number of aromatic nitrogens is 3. The molecule has 0 aliphatic carbocycles. The number of carbonyl (C=O) groups is 1. The van der Waals surface area contributed by atoms with Gasteiger partial charge < -0.3 is 5.32 Å². The normalized spacial score (nSPS) is 12.7. The number of amides is 1. The average molecular weight is 246 g/mol. The summed E-state index contributed by atoms with van der Waals surface area (Å²) in [6.07, 6.45) is 2.48. The van der Waals surface area contributed by atoms with Crippen LogP contribution in [0.25, 0.3) is 5.65 Å². The van der Waals surface area contributed by atoms with Crippen LogP contribution in [0.3, 0.4) is 0 Å². The van der Waals surface area contributed by atoms with Crippen molar-refractivity contribution in [2.45, 2.75) is 40.2 Å². The Hall–Kier alpha value is -1.91. The van der Waals surface area contributed by atoms with Crippen molar-refractivity contribution < 1.29 is 4.79 Å². The number of nitrogens with zero attached hydrogens (tertiary/aromatic N) is 3. The molecule has 1 amide bonds. The number of rotatable bonds is 3. The Morgan fingerprint density at radius 2 is 2.22 bits per heavy atom. The summed E-state index contributed by atoms with van der Waals surface area (Å²) in [6.45, 7) is 7.88. The van der Waals surface area contributed by atoms with E-state index in [1.54, 1.807) is 10.7 Å². The predicted molar refractivity (Wildman–Crippen MR) is 69.7 cm³/mol. The van der Waals surface area contributed by atoms with Crippen LogP contribution in [0.15, 0.2) is 12.3 Å².